The van der Waals surface area contributed by atoms with Gasteiger partial charge in [-0.15, -0.1) is 0 Å². The van der Waals surface area contributed by atoms with Gasteiger partial charge in [-0.05, 0) is 18.4 Å². The van der Waals surface area contributed by atoms with Crippen molar-refractivity contribution in [2.75, 3.05) is 13.1 Å². The molecule has 1 amide bonds. The zero-order valence-electron chi connectivity index (χ0n) is 7.07. The molecule has 0 spiro atoms. The summed E-state index contributed by atoms with van der Waals surface area (Å²) in [5, 5.41) is 6.00. The molecule has 0 atom stereocenters. The SMILES string of the molecule is [N-]=[N+]=NCCCCCCNC=O. The van der Waals surface area contributed by atoms with Gasteiger partial charge in [0.1, 0.15) is 0 Å². The minimum absolute atomic E-state index is 0.581. The average Bonchev–Trinajstić information content (AvgIpc) is 2.10. The van der Waals surface area contributed by atoms with Gasteiger partial charge in [-0.1, -0.05) is 18.0 Å². The molecular weight excluding hydrogens is 156 g/mol. The van der Waals surface area contributed by atoms with E-state index in [0.717, 1.165) is 32.2 Å². The van der Waals surface area contributed by atoms with Crippen molar-refractivity contribution in [2.45, 2.75) is 25.7 Å². The summed E-state index contributed by atoms with van der Waals surface area (Å²) in [5.41, 5.74) is 7.95. The van der Waals surface area contributed by atoms with E-state index < -0.39 is 0 Å². The zero-order valence-corrected chi connectivity index (χ0v) is 7.07. The van der Waals surface area contributed by atoms with Gasteiger partial charge in [-0.3, -0.25) is 4.79 Å². The Bertz CT molecular complexity index is 153. The third-order valence-corrected chi connectivity index (χ3v) is 1.48. The van der Waals surface area contributed by atoms with Gasteiger partial charge < -0.3 is 5.32 Å². The van der Waals surface area contributed by atoms with Gasteiger partial charge >= 0.3 is 0 Å². The zero-order chi connectivity index (χ0) is 9.07. The summed E-state index contributed by atoms with van der Waals surface area (Å²) in [6, 6.07) is 0. The van der Waals surface area contributed by atoms with Crippen LogP contribution in [0.15, 0.2) is 5.11 Å². The number of carbonyl (C=O) groups is 1. The third-order valence-electron chi connectivity index (χ3n) is 1.48. The molecule has 0 aliphatic heterocycles. The van der Waals surface area contributed by atoms with Gasteiger partial charge in [-0.2, -0.15) is 0 Å². The first-order valence-corrected chi connectivity index (χ1v) is 4.09. The summed E-state index contributed by atoms with van der Waals surface area (Å²) in [4.78, 5) is 12.5. The topological polar surface area (TPSA) is 77.9 Å². The third kappa shape index (κ3) is 8.78. The molecule has 0 rings (SSSR count). The summed E-state index contributed by atoms with van der Waals surface area (Å²) in [6.45, 7) is 1.32. The molecule has 0 aromatic heterocycles. The number of rotatable bonds is 8. The van der Waals surface area contributed by atoms with Crippen LogP contribution in [0.25, 0.3) is 10.4 Å². The fourth-order valence-corrected chi connectivity index (χ4v) is 0.867. The predicted octanol–water partition coefficient (Wildman–Crippen LogP) is 1.60. The smallest absolute Gasteiger partial charge is 0.207 e. The number of nitrogens with zero attached hydrogens (tertiary/aromatic N) is 3. The molecule has 1 N–H and O–H groups in total. The minimum Gasteiger partial charge on any atom is -0.359 e. The van der Waals surface area contributed by atoms with E-state index in [9.17, 15) is 4.79 Å². The van der Waals surface area contributed by atoms with E-state index in [-0.39, 0.29) is 0 Å². The molecule has 0 heterocycles. The average molecular weight is 170 g/mol. The number of amides is 1. The number of hydrogen-bond donors (Lipinski definition) is 1. The van der Waals surface area contributed by atoms with Crippen molar-refractivity contribution >= 4 is 6.41 Å². The van der Waals surface area contributed by atoms with Crippen LogP contribution in [0.2, 0.25) is 0 Å². The molecule has 0 fully saturated rings. The maximum Gasteiger partial charge on any atom is 0.207 e. The predicted molar refractivity (Wildman–Crippen MR) is 46.5 cm³/mol. The molecule has 0 bridgehead atoms. The van der Waals surface area contributed by atoms with Crippen LogP contribution in [0.3, 0.4) is 0 Å². The van der Waals surface area contributed by atoms with Gasteiger partial charge in [0.15, 0.2) is 0 Å². The van der Waals surface area contributed by atoms with Crippen molar-refractivity contribution < 1.29 is 4.79 Å². The largest absolute Gasteiger partial charge is 0.359 e. The Morgan fingerprint density at radius 2 is 2.08 bits per heavy atom. The van der Waals surface area contributed by atoms with Gasteiger partial charge in [0.2, 0.25) is 6.41 Å². The summed E-state index contributed by atoms with van der Waals surface area (Å²) < 4.78 is 0. The molecule has 5 nitrogen and oxygen atoms in total. The first kappa shape index (κ1) is 10.8. The van der Waals surface area contributed by atoms with Crippen LogP contribution in [0.1, 0.15) is 25.7 Å². The lowest BCUT2D eigenvalue weighted by Crippen LogP contribution is -2.11. The lowest BCUT2D eigenvalue weighted by molar-refractivity contribution is -0.109. The van der Waals surface area contributed by atoms with E-state index in [1.807, 2.05) is 0 Å². The van der Waals surface area contributed by atoms with Gasteiger partial charge in [0.05, 0.1) is 0 Å². The summed E-state index contributed by atoms with van der Waals surface area (Å²) in [5.74, 6) is 0. The number of hydrogen-bond acceptors (Lipinski definition) is 2. The number of azide groups is 1. The maximum absolute atomic E-state index is 9.81. The Hall–Kier alpha value is -1.22. The second-order valence-corrected chi connectivity index (χ2v) is 2.44. The molecule has 0 unspecified atom stereocenters. The molecule has 0 aliphatic rings. The van der Waals surface area contributed by atoms with Crippen molar-refractivity contribution in [2.24, 2.45) is 5.11 Å². The number of carbonyl (C=O) groups excluding carboxylic acids is 1. The monoisotopic (exact) mass is 170 g/mol. The Balaban J connectivity index is 2.90. The molecular formula is C7H14N4O. The molecule has 0 saturated carbocycles. The van der Waals surface area contributed by atoms with Crippen molar-refractivity contribution in [3.05, 3.63) is 10.4 Å². The summed E-state index contributed by atoms with van der Waals surface area (Å²) in [7, 11) is 0. The Labute approximate surface area is 71.8 Å². The highest BCUT2D eigenvalue weighted by Crippen LogP contribution is 1.98. The highest BCUT2D eigenvalue weighted by atomic mass is 16.1. The van der Waals surface area contributed by atoms with Crippen LogP contribution in [0.5, 0.6) is 0 Å². The normalized spacial score (nSPS) is 8.67. The van der Waals surface area contributed by atoms with Crippen LogP contribution in [0.4, 0.5) is 0 Å². The second kappa shape index (κ2) is 9.78. The molecule has 0 radical (unpaired) electrons. The molecule has 68 valence electrons. The van der Waals surface area contributed by atoms with Crippen molar-refractivity contribution in [1.82, 2.24) is 5.32 Å². The van der Waals surface area contributed by atoms with E-state index in [0.29, 0.717) is 13.0 Å². The maximum atomic E-state index is 9.81. The lowest BCUT2D eigenvalue weighted by atomic mass is 10.2. The number of unbranched alkanes of at least 4 members (excludes halogenated alkanes) is 3. The highest BCUT2D eigenvalue weighted by molar-refractivity contribution is 5.45. The molecule has 0 saturated heterocycles. The van der Waals surface area contributed by atoms with Gasteiger partial charge in [0, 0.05) is 18.0 Å². The molecule has 0 aromatic rings. The summed E-state index contributed by atoms with van der Waals surface area (Å²) >= 11 is 0. The van der Waals surface area contributed by atoms with E-state index in [2.05, 4.69) is 15.3 Å². The number of nitrogens with one attached hydrogen (secondary N) is 1. The highest BCUT2D eigenvalue weighted by Gasteiger charge is 1.87. The Morgan fingerprint density at radius 1 is 1.33 bits per heavy atom. The second-order valence-electron chi connectivity index (χ2n) is 2.44. The fourth-order valence-electron chi connectivity index (χ4n) is 0.867. The van der Waals surface area contributed by atoms with Gasteiger partial charge in [0.25, 0.3) is 0 Å². The van der Waals surface area contributed by atoms with Crippen molar-refractivity contribution in [3.8, 4) is 0 Å². The standard InChI is InChI=1S/C7H14N4O/c8-11-10-6-4-2-1-3-5-9-7-12/h7H,1-6H2,(H,9,12). The van der Waals surface area contributed by atoms with E-state index in [1.54, 1.807) is 0 Å². The van der Waals surface area contributed by atoms with E-state index in [4.69, 9.17) is 5.53 Å². The van der Waals surface area contributed by atoms with Crippen LogP contribution < -0.4 is 5.32 Å². The van der Waals surface area contributed by atoms with E-state index >= 15 is 0 Å². The van der Waals surface area contributed by atoms with Crippen LogP contribution in [-0.2, 0) is 4.79 Å². The van der Waals surface area contributed by atoms with Crippen molar-refractivity contribution in [1.29, 1.82) is 0 Å². The first-order chi connectivity index (χ1) is 5.91. The molecule has 12 heavy (non-hydrogen) atoms. The van der Waals surface area contributed by atoms with Gasteiger partial charge in [-0.25, -0.2) is 0 Å². The lowest BCUT2D eigenvalue weighted by Gasteiger charge is -1.97. The summed E-state index contributed by atoms with van der Waals surface area (Å²) in [6.07, 6.45) is 4.77. The van der Waals surface area contributed by atoms with Crippen LogP contribution in [-0.4, -0.2) is 19.5 Å². The molecule has 0 aromatic carbocycles. The Kier molecular flexibility index (Phi) is 8.79. The first-order valence-electron chi connectivity index (χ1n) is 4.09. The quantitative estimate of drug-likeness (QED) is 0.194. The molecule has 0 aliphatic carbocycles. The van der Waals surface area contributed by atoms with Crippen molar-refractivity contribution in [3.63, 3.8) is 0 Å². The Morgan fingerprint density at radius 3 is 2.75 bits per heavy atom. The van der Waals surface area contributed by atoms with Crippen LogP contribution in [0, 0.1) is 0 Å². The minimum atomic E-state index is 0.581. The van der Waals surface area contributed by atoms with Crippen LogP contribution >= 0.6 is 0 Å². The van der Waals surface area contributed by atoms with E-state index in [1.165, 1.54) is 0 Å². The molecule has 5 heteroatoms. The fraction of sp³-hybridized carbons (Fsp3) is 0.857.